The van der Waals surface area contributed by atoms with Crippen molar-refractivity contribution in [3.8, 4) is 0 Å². The Kier molecular flexibility index (Phi) is 2.64. The van der Waals surface area contributed by atoms with E-state index in [9.17, 15) is 0 Å². The van der Waals surface area contributed by atoms with Crippen molar-refractivity contribution in [1.29, 1.82) is 0 Å². The molecule has 5 heteroatoms. The summed E-state index contributed by atoms with van der Waals surface area (Å²) in [5.41, 5.74) is 9.77. The van der Waals surface area contributed by atoms with Crippen molar-refractivity contribution in [2.45, 2.75) is 0 Å². The Morgan fingerprint density at radius 3 is 1.43 bits per heavy atom. The van der Waals surface area contributed by atoms with E-state index in [-0.39, 0.29) is 12.6 Å². The van der Waals surface area contributed by atoms with Crippen molar-refractivity contribution in [2.24, 2.45) is 11.5 Å². The summed E-state index contributed by atoms with van der Waals surface area (Å²) in [6, 6.07) is 0. The molecule has 0 saturated heterocycles. The van der Waals surface area contributed by atoms with E-state index in [1.54, 1.807) is 0 Å². The molecule has 0 atom stereocenters. The average molecular weight is 125 g/mol. The van der Waals surface area contributed by atoms with Crippen molar-refractivity contribution >= 4 is 7.72 Å². The van der Waals surface area contributed by atoms with E-state index in [2.05, 4.69) is 0 Å². The molecule has 44 valence electrons. The van der Waals surface area contributed by atoms with Gasteiger partial charge < -0.3 is 0 Å². The topological polar surface area (TPSA) is 92.5 Å². The van der Waals surface area contributed by atoms with Crippen LogP contribution in [0.1, 0.15) is 0 Å². The van der Waals surface area contributed by atoms with E-state index < -0.39 is 7.72 Å². The van der Waals surface area contributed by atoms with Gasteiger partial charge in [0.2, 0.25) is 0 Å². The van der Waals surface area contributed by atoms with Crippen LogP contribution in [0.15, 0.2) is 0 Å². The maximum atomic E-state index is 8.55. The highest BCUT2D eigenvalue weighted by Crippen LogP contribution is 2.44. The van der Waals surface area contributed by atoms with Gasteiger partial charge in [-0.2, -0.15) is 0 Å². The van der Waals surface area contributed by atoms with E-state index in [1.165, 1.54) is 0 Å². The number of hydrogen-bond donors (Lipinski definition) is 4. The highest BCUT2D eigenvalue weighted by molar-refractivity contribution is 7.64. The van der Waals surface area contributed by atoms with Gasteiger partial charge in [0.05, 0.1) is 0 Å². The molecule has 0 aliphatic rings. The first-order valence-electron chi connectivity index (χ1n) is 1.85. The molecular formula is C2H10N2O2P+. The van der Waals surface area contributed by atoms with Gasteiger partial charge in [-0.05, 0) is 0 Å². The molecule has 0 aromatic heterocycles. The molecule has 0 aromatic rings. The minimum Gasteiger partial charge on any atom is -0.295 e. The Bertz CT molecular complexity index is 51.7. The average Bonchev–Trinajstić information content (AvgIpc) is 1.68. The summed E-state index contributed by atoms with van der Waals surface area (Å²) in [6.07, 6.45) is -0.215. The van der Waals surface area contributed by atoms with Crippen LogP contribution in [0.25, 0.3) is 0 Å². The standard InChI is InChI=1S/C2H10N2O2P/c3-1-7(5,6)2-4/h5-6H,1-4H2/q+1. The molecule has 0 aliphatic heterocycles. The molecule has 4 nitrogen and oxygen atoms in total. The maximum Gasteiger partial charge on any atom is 0.295 e. The molecule has 0 spiro atoms. The predicted octanol–water partition coefficient (Wildman–Crippen LogP) is -1.35. The van der Waals surface area contributed by atoms with Crippen LogP contribution in [0.4, 0.5) is 0 Å². The molecule has 7 heavy (non-hydrogen) atoms. The second kappa shape index (κ2) is 2.55. The lowest BCUT2D eigenvalue weighted by atomic mass is 11.5. The fraction of sp³-hybridized carbons (Fsp3) is 1.00. The van der Waals surface area contributed by atoms with Crippen molar-refractivity contribution in [3.63, 3.8) is 0 Å². The zero-order chi connectivity index (χ0) is 5.91. The molecule has 0 bridgehead atoms. The van der Waals surface area contributed by atoms with Gasteiger partial charge in [-0.3, -0.25) is 11.5 Å². The third kappa shape index (κ3) is 2.91. The third-order valence-corrected chi connectivity index (χ3v) is 1.75. The molecule has 0 fully saturated rings. The summed E-state index contributed by atoms with van der Waals surface area (Å²) in [7, 11) is -2.85. The van der Waals surface area contributed by atoms with E-state index in [0.717, 1.165) is 0 Å². The van der Waals surface area contributed by atoms with Crippen LogP contribution in [0, 0.1) is 0 Å². The molecule has 0 radical (unpaired) electrons. The summed E-state index contributed by atoms with van der Waals surface area (Å²) in [4.78, 5) is 17.1. The quantitative estimate of drug-likeness (QED) is 0.343. The first-order chi connectivity index (χ1) is 3.12. The summed E-state index contributed by atoms with van der Waals surface area (Å²) >= 11 is 0. The number of hydrogen-bond acceptors (Lipinski definition) is 4. The molecule has 0 unspecified atom stereocenters. The monoisotopic (exact) mass is 125 g/mol. The maximum absolute atomic E-state index is 8.55. The smallest absolute Gasteiger partial charge is 0.295 e. The van der Waals surface area contributed by atoms with Crippen LogP contribution < -0.4 is 11.5 Å². The van der Waals surface area contributed by atoms with Gasteiger partial charge in [-0.1, -0.05) is 0 Å². The second-order valence-electron chi connectivity index (χ2n) is 1.24. The van der Waals surface area contributed by atoms with E-state index in [1.807, 2.05) is 0 Å². The van der Waals surface area contributed by atoms with E-state index in [0.29, 0.717) is 0 Å². The van der Waals surface area contributed by atoms with Crippen LogP contribution in [0.2, 0.25) is 0 Å². The van der Waals surface area contributed by atoms with Crippen molar-refractivity contribution in [2.75, 3.05) is 12.6 Å². The Labute approximate surface area is 42.6 Å². The Balaban J connectivity index is 3.36. The number of nitrogens with two attached hydrogens (primary N) is 2. The third-order valence-electron chi connectivity index (χ3n) is 0.585. The Morgan fingerprint density at radius 2 is 1.43 bits per heavy atom. The normalized spacial score (nSPS) is 12.0. The zero-order valence-electron chi connectivity index (χ0n) is 3.91. The molecule has 0 aliphatic carbocycles. The first kappa shape index (κ1) is 7.27. The molecule has 0 heterocycles. The molecular weight excluding hydrogens is 115 g/mol. The molecule has 0 rings (SSSR count). The molecule has 0 aromatic carbocycles. The fourth-order valence-corrected chi connectivity index (χ4v) is 0.224. The van der Waals surface area contributed by atoms with Crippen LogP contribution in [-0.4, -0.2) is 22.4 Å². The minimum absolute atomic E-state index is 0.108. The van der Waals surface area contributed by atoms with Crippen LogP contribution in [0.3, 0.4) is 0 Å². The SMILES string of the molecule is NC[P+](O)(O)CN. The van der Waals surface area contributed by atoms with Crippen molar-refractivity contribution in [3.05, 3.63) is 0 Å². The number of rotatable bonds is 2. The minimum atomic E-state index is -2.85. The van der Waals surface area contributed by atoms with Crippen LogP contribution in [0.5, 0.6) is 0 Å². The molecule has 6 N–H and O–H groups in total. The lowest BCUT2D eigenvalue weighted by Gasteiger charge is -2.04. The molecule has 0 saturated carbocycles. The van der Waals surface area contributed by atoms with Crippen LogP contribution in [-0.2, 0) is 0 Å². The second-order valence-corrected chi connectivity index (χ2v) is 3.73. The zero-order valence-corrected chi connectivity index (χ0v) is 4.80. The van der Waals surface area contributed by atoms with Gasteiger partial charge in [-0.25, -0.2) is 9.79 Å². The largest absolute Gasteiger partial charge is 0.295 e. The van der Waals surface area contributed by atoms with Gasteiger partial charge in [0, 0.05) is 0 Å². The summed E-state index contributed by atoms with van der Waals surface area (Å²) in [5, 5.41) is 0. The van der Waals surface area contributed by atoms with Crippen LogP contribution >= 0.6 is 7.72 Å². The van der Waals surface area contributed by atoms with Gasteiger partial charge in [-0.15, -0.1) is 0 Å². The predicted molar refractivity (Wildman–Crippen MR) is 29.5 cm³/mol. The summed E-state index contributed by atoms with van der Waals surface area (Å²) in [6.45, 7) is 0. The molecule has 0 amide bonds. The Hall–Kier alpha value is 0.270. The van der Waals surface area contributed by atoms with Crippen molar-refractivity contribution in [1.82, 2.24) is 0 Å². The highest BCUT2D eigenvalue weighted by Gasteiger charge is 2.27. The fourth-order valence-electron chi connectivity index (χ4n) is 0.0745. The van der Waals surface area contributed by atoms with Gasteiger partial charge in [0.15, 0.2) is 12.6 Å². The van der Waals surface area contributed by atoms with E-state index in [4.69, 9.17) is 21.3 Å². The van der Waals surface area contributed by atoms with Crippen molar-refractivity contribution < 1.29 is 9.79 Å². The first-order valence-corrected chi connectivity index (χ1v) is 3.91. The lowest BCUT2D eigenvalue weighted by molar-refractivity contribution is 0.450. The Morgan fingerprint density at radius 1 is 1.14 bits per heavy atom. The summed E-state index contributed by atoms with van der Waals surface area (Å²) < 4.78 is 0. The van der Waals surface area contributed by atoms with Gasteiger partial charge in [0.1, 0.15) is 0 Å². The van der Waals surface area contributed by atoms with E-state index >= 15 is 0 Å². The summed E-state index contributed by atoms with van der Waals surface area (Å²) in [5.74, 6) is 0. The highest BCUT2D eigenvalue weighted by atomic mass is 31.2. The van der Waals surface area contributed by atoms with Gasteiger partial charge in [0.25, 0.3) is 7.72 Å². The lowest BCUT2D eigenvalue weighted by Crippen LogP contribution is -2.14. The van der Waals surface area contributed by atoms with Gasteiger partial charge >= 0.3 is 0 Å².